The summed E-state index contributed by atoms with van der Waals surface area (Å²) >= 11 is 6.18. The van der Waals surface area contributed by atoms with Crippen LogP contribution in [0.3, 0.4) is 0 Å². The molecule has 4 rings (SSSR count). The Hall–Kier alpha value is -3.31. The number of carbonyl (C=O) groups excluding carboxylic acids is 1. The molecule has 1 atom stereocenters. The number of imidazole rings is 1. The summed E-state index contributed by atoms with van der Waals surface area (Å²) in [7, 11) is 0. The molecule has 0 saturated carbocycles. The van der Waals surface area contributed by atoms with E-state index in [4.69, 9.17) is 21.3 Å². The minimum atomic E-state index is -0.310. The van der Waals surface area contributed by atoms with E-state index in [1.807, 2.05) is 62.4 Å². The summed E-state index contributed by atoms with van der Waals surface area (Å²) in [5.41, 5.74) is 3.49. The van der Waals surface area contributed by atoms with Crippen molar-refractivity contribution in [3.05, 3.63) is 94.8 Å². The van der Waals surface area contributed by atoms with Crippen molar-refractivity contribution in [3.63, 3.8) is 0 Å². The molecule has 0 aliphatic rings. The van der Waals surface area contributed by atoms with Crippen LogP contribution >= 0.6 is 11.6 Å². The number of rotatable bonds is 7. The number of nitrogens with zero attached hydrogens (tertiary/aromatic N) is 2. The zero-order chi connectivity index (χ0) is 21.8. The van der Waals surface area contributed by atoms with Crippen LogP contribution in [0.5, 0.6) is 5.75 Å². The van der Waals surface area contributed by atoms with Crippen molar-refractivity contribution in [2.24, 2.45) is 0 Å². The van der Waals surface area contributed by atoms with E-state index in [0.717, 1.165) is 28.2 Å². The summed E-state index contributed by atoms with van der Waals surface area (Å²) in [6, 6.07) is 22.6. The summed E-state index contributed by atoms with van der Waals surface area (Å²) in [5.74, 6) is 1.38. The van der Waals surface area contributed by atoms with Gasteiger partial charge in [-0.2, -0.15) is 0 Å². The van der Waals surface area contributed by atoms with Gasteiger partial charge in [-0.15, -0.1) is 0 Å². The lowest BCUT2D eigenvalue weighted by Gasteiger charge is -2.17. The van der Waals surface area contributed by atoms with Gasteiger partial charge in [-0.3, -0.25) is 4.79 Å². The third kappa shape index (κ3) is 4.72. The van der Waals surface area contributed by atoms with Crippen molar-refractivity contribution < 1.29 is 9.53 Å². The monoisotopic (exact) mass is 433 g/mol. The zero-order valence-corrected chi connectivity index (χ0v) is 18.3. The maximum Gasteiger partial charge on any atom is 0.253 e. The molecule has 31 heavy (non-hydrogen) atoms. The van der Waals surface area contributed by atoms with E-state index >= 15 is 0 Å². The number of carbonyl (C=O) groups is 1. The average Bonchev–Trinajstić information content (AvgIpc) is 3.13. The number of nitrogens with one attached hydrogen (secondary N) is 1. The zero-order valence-electron chi connectivity index (χ0n) is 17.5. The standard InChI is InChI=1S/C25H24ClN3O2/c1-17-8-7-9-19(16-17)31-15-14-29-23-13-6-5-12-22(23)28-24(29)18(2)27-25(30)20-10-3-4-11-21(20)26/h3-13,16,18H,14-15H2,1-2H3,(H,27,30). The lowest BCUT2D eigenvalue weighted by molar-refractivity contribution is 0.0937. The second kappa shape index (κ2) is 9.23. The van der Waals surface area contributed by atoms with Crippen molar-refractivity contribution in [2.45, 2.75) is 26.4 Å². The van der Waals surface area contributed by atoms with Gasteiger partial charge in [0.2, 0.25) is 0 Å². The molecule has 1 N–H and O–H groups in total. The highest BCUT2D eigenvalue weighted by Gasteiger charge is 2.20. The van der Waals surface area contributed by atoms with Gasteiger partial charge in [0.15, 0.2) is 0 Å². The summed E-state index contributed by atoms with van der Waals surface area (Å²) in [5, 5.41) is 3.45. The van der Waals surface area contributed by atoms with Gasteiger partial charge in [0.1, 0.15) is 18.2 Å². The molecule has 5 nitrogen and oxygen atoms in total. The maximum absolute atomic E-state index is 12.7. The van der Waals surface area contributed by atoms with Gasteiger partial charge in [-0.05, 0) is 55.8 Å². The fourth-order valence-electron chi connectivity index (χ4n) is 3.60. The highest BCUT2D eigenvalue weighted by molar-refractivity contribution is 6.33. The summed E-state index contributed by atoms with van der Waals surface area (Å²) in [6.07, 6.45) is 0. The fourth-order valence-corrected chi connectivity index (χ4v) is 3.83. The smallest absolute Gasteiger partial charge is 0.253 e. The molecule has 1 amide bonds. The Morgan fingerprint density at radius 3 is 2.68 bits per heavy atom. The van der Waals surface area contributed by atoms with Crippen LogP contribution in [0, 0.1) is 6.92 Å². The van der Waals surface area contributed by atoms with E-state index in [1.165, 1.54) is 0 Å². The first-order chi connectivity index (χ1) is 15.0. The number of para-hydroxylation sites is 2. The molecule has 1 unspecified atom stereocenters. The third-order valence-corrected chi connectivity index (χ3v) is 5.44. The lowest BCUT2D eigenvalue weighted by atomic mass is 10.2. The van der Waals surface area contributed by atoms with Crippen molar-refractivity contribution in [2.75, 3.05) is 6.61 Å². The minimum Gasteiger partial charge on any atom is -0.492 e. The van der Waals surface area contributed by atoms with Crippen LogP contribution in [0.2, 0.25) is 5.02 Å². The van der Waals surface area contributed by atoms with E-state index in [0.29, 0.717) is 23.7 Å². The largest absolute Gasteiger partial charge is 0.492 e. The van der Waals surface area contributed by atoms with Gasteiger partial charge < -0.3 is 14.6 Å². The molecule has 0 radical (unpaired) electrons. The van der Waals surface area contributed by atoms with E-state index in [1.54, 1.807) is 24.3 Å². The van der Waals surface area contributed by atoms with E-state index in [9.17, 15) is 4.79 Å². The second-order valence-electron chi connectivity index (χ2n) is 7.45. The molecule has 0 aliphatic carbocycles. The summed E-state index contributed by atoms with van der Waals surface area (Å²) in [4.78, 5) is 17.5. The quantitative estimate of drug-likeness (QED) is 0.414. The number of hydrogen-bond acceptors (Lipinski definition) is 3. The lowest BCUT2D eigenvalue weighted by Crippen LogP contribution is -2.29. The van der Waals surface area contributed by atoms with Crippen molar-refractivity contribution in [1.82, 2.24) is 14.9 Å². The van der Waals surface area contributed by atoms with Crippen LogP contribution in [0.25, 0.3) is 11.0 Å². The first-order valence-electron chi connectivity index (χ1n) is 10.2. The van der Waals surface area contributed by atoms with Crippen LogP contribution in [-0.2, 0) is 6.54 Å². The number of ether oxygens (including phenoxy) is 1. The third-order valence-electron chi connectivity index (χ3n) is 5.11. The molecule has 6 heteroatoms. The summed E-state index contributed by atoms with van der Waals surface area (Å²) < 4.78 is 8.06. The molecule has 0 bridgehead atoms. The first-order valence-corrected chi connectivity index (χ1v) is 10.6. The number of benzene rings is 3. The Labute approximate surface area is 186 Å². The van der Waals surface area contributed by atoms with Crippen LogP contribution in [0.15, 0.2) is 72.8 Å². The highest BCUT2D eigenvalue weighted by Crippen LogP contribution is 2.22. The van der Waals surface area contributed by atoms with E-state index in [2.05, 4.69) is 9.88 Å². The number of fused-ring (bicyclic) bond motifs is 1. The molecule has 3 aromatic carbocycles. The number of hydrogen-bond donors (Lipinski definition) is 1. The van der Waals surface area contributed by atoms with Crippen LogP contribution in [0.4, 0.5) is 0 Å². The molecule has 0 aliphatic heterocycles. The molecular weight excluding hydrogens is 410 g/mol. The predicted molar refractivity (Wildman–Crippen MR) is 124 cm³/mol. The van der Waals surface area contributed by atoms with Gasteiger partial charge in [0, 0.05) is 0 Å². The molecule has 4 aromatic rings. The Bertz CT molecular complexity index is 1220. The van der Waals surface area contributed by atoms with Gasteiger partial charge >= 0.3 is 0 Å². The van der Waals surface area contributed by atoms with Crippen LogP contribution in [0.1, 0.15) is 34.7 Å². The number of amides is 1. The maximum atomic E-state index is 12.7. The molecule has 0 saturated heterocycles. The number of aryl methyl sites for hydroxylation is 1. The van der Waals surface area contributed by atoms with E-state index in [-0.39, 0.29) is 11.9 Å². The van der Waals surface area contributed by atoms with Gasteiger partial charge in [0.25, 0.3) is 5.91 Å². The SMILES string of the molecule is Cc1cccc(OCCn2c(C(C)NC(=O)c3ccccc3Cl)nc3ccccc32)c1. The van der Waals surface area contributed by atoms with Crippen LogP contribution < -0.4 is 10.1 Å². The average molecular weight is 434 g/mol. The Morgan fingerprint density at radius 2 is 1.87 bits per heavy atom. The van der Waals surface area contributed by atoms with Crippen molar-refractivity contribution >= 4 is 28.5 Å². The van der Waals surface area contributed by atoms with Crippen LogP contribution in [-0.4, -0.2) is 22.1 Å². The molecule has 0 fully saturated rings. The summed E-state index contributed by atoms with van der Waals surface area (Å²) in [6.45, 7) is 5.06. The molecule has 0 spiro atoms. The van der Waals surface area contributed by atoms with Crippen molar-refractivity contribution in [3.8, 4) is 5.75 Å². The van der Waals surface area contributed by atoms with Gasteiger partial charge in [-0.25, -0.2) is 4.98 Å². The molecule has 1 aromatic heterocycles. The number of halogens is 1. The Balaban J connectivity index is 1.55. The van der Waals surface area contributed by atoms with Gasteiger partial charge in [0.05, 0.1) is 34.2 Å². The number of aromatic nitrogens is 2. The highest BCUT2D eigenvalue weighted by atomic mass is 35.5. The fraction of sp³-hybridized carbons (Fsp3) is 0.200. The van der Waals surface area contributed by atoms with E-state index < -0.39 is 0 Å². The minimum absolute atomic E-state index is 0.229. The molecule has 158 valence electrons. The topological polar surface area (TPSA) is 56.1 Å². The molecular formula is C25H24ClN3O2. The second-order valence-corrected chi connectivity index (χ2v) is 7.86. The van der Waals surface area contributed by atoms with Gasteiger partial charge in [-0.1, -0.05) is 48.0 Å². The Morgan fingerprint density at radius 1 is 1.10 bits per heavy atom. The molecule has 1 heterocycles. The predicted octanol–water partition coefficient (Wildman–Crippen LogP) is 5.57. The van der Waals surface area contributed by atoms with Crippen molar-refractivity contribution in [1.29, 1.82) is 0 Å². The first kappa shape index (κ1) is 20.9. The normalized spacial score (nSPS) is 12.0. The Kier molecular flexibility index (Phi) is 6.23.